The molecule has 1 aliphatic carbocycles. The maximum Gasteiger partial charge on any atom is 0.0818 e. The van der Waals surface area contributed by atoms with Gasteiger partial charge in [-0.25, -0.2) is 0 Å². The van der Waals surface area contributed by atoms with E-state index in [4.69, 9.17) is 11.6 Å². The quantitative estimate of drug-likeness (QED) is 0.825. The molecule has 0 saturated heterocycles. The average Bonchev–Trinajstić information content (AvgIpc) is 2.33. The van der Waals surface area contributed by atoms with Gasteiger partial charge in [-0.15, -0.1) is 0 Å². The van der Waals surface area contributed by atoms with E-state index in [1.165, 1.54) is 6.42 Å². The van der Waals surface area contributed by atoms with Crippen molar-refractivity contribution in [1.29, 1.82) is 0 Å². The van der Waals surface area contributed by atoms with Crippen molar-refractivity contribution < 1.29 is 5.11 Å². The molecule has 0 heterocycles. The van der Waals surface area contributed by atoms with Crippen LogP contribution in [0, 0.1) is 17.8 Å². The fourth-order valence-corrected chi connectivity index (χ4v) is 2.93. The summed E-state index contributed by atoms with van der Waals surface area (Å²) in [4.78, 5) is 0. The van der Waals surface area contributed by atoms with Crippen LogP contribution in [0.5, 0.6) is 0 Å². The first-order valence-corrected chi connectivity index (χ1v) is 6.89. The van der Waals surface area contributed by atoms with Gasteiger partial charge in [-0.2, -0.15) is 0 Å². The molecule has 1 fully saturated rings. The summed E-state index contributed by atoms with van der Waals surface area (Å²) < 4.78 is 0. The van der Waals surface area contributed by atoms with Gasteiger partial charge < -0.3 is 5.11 Å². The van der Waals surface area contributed by atoms with Gasteiger partial charge in [0.1, 0.15) is 0 Å². The van der Waals surface area contributed by atoms with Crippen molar-refractivity contribution in [2.24, 2.45) is 17.8 Å². The van der Waals surface area contributed by atoms with Gasteiger partial charge in [0.25, 0.3) is 0 Å². The molecule has 94 valence electrons. The Morgan fingerprint density at radius 3 is 2.35 bits per heavy atom. The van der Waals surface area contributed by atoms with Crippen LogP contribution in [0.15, 0.2) is 24.3 Å². The minimum atomic E-state index is -0.331. The topological polar surface area (TPSA) is 20.2 Å². The van der Waals surface area contributed by atoms with Gasteiger partial charge in [0.05, 0.1) is 6.10 Å². The van der Waals surface area contributed by atoms with Crippen LogP contribution >= 0.6 is 11.6 Å². The second-order valence-corrected chi connectivity index (χ2v) is 5.96. The molecule has 0 amide bonds. The molecule has 0 spiro atoms. The van der Waals surface area contributed by atoms with Crippen molar-refractivity contribution in [2.45, 2.75) is 39.2 Å². The van der Waals surface area contributed by atoms with Crippen molar-refractivity contribution in [3.05, 3.63) is 34.9 Å². The van der Waals surface area contributed by atoms with Crippen LogP contribution < -0.4 is 0 Å². The summed E-state index contributed by atoms with van der Waals surface area (Å²) in [6, 6.07) is 7.59. The van der Waals surface area contributed by atoms with Crippen LogP contribution in [0.1, 0.15) is 44.8 Å². The van der Waals surface area contributed by atoms with Crippen LogP contribution in [-0.2, 0) is 0 Å². The number of aliphatic hydroxyl groups excluding tert-OH is 1. The van der Waals surface area contributed by atoms with Gasteiger partial charge in [0.15, 0.2) is 0 Å². The third-order valence-electron chi connectivity index (χ3n) is 4.30. The zero-order valence-corrected chi connectivity index (χ0v) is 11.3. The number of hydrogen-bond acceptors (Lipinski definition) is 1. The lowest BCUT2D eigenvalue weighted by Gasteiger charge is -2.34. The molecule has 0 radical (unpaired) electrons. The molecular formula is C15H21ClO. The number of hydrogen-bond donors (Lipinski definition) is 1. The first kappa shape index (κ1) is 12.9. The summed E-state index contributed by atoms with van der Waals surface area (Å²) in [5.74, 6) is 1.92. The Morgan fingerprint density at radius 2 is 1.76 bits per heavy atom. The summed E-state index contributed by atoms with van der Waals surface area (Å²) in [5, 5.41) is 11.1. The normalized spacial score (nSPS) is 31.2. The van der Waals surface area contributed by atoms with Crippen LogP contribution in [0.25, 0.3) is 0 Å². The Balaban J connectivity index is 2.05. The van der Waals surface area contributed by atoms with Gasteiger partial charge in [0, 0.05) is 5.02 Å². The number of rotatable bonds is 2. The molecule has 1 aliphatic rings. The third kappa shape index (κ3) is 3.02. The molecule has 4 atom stereocenters. The Labute approximate surface area is 109 Å². The summed E-state index contributed by atoms with van der Waals surface area (Å²) in [7, 11) is 0. The molecule has 4 unspecified atom stereocenters. The Kier molecular flexibility index (Phi) is 4.11. The molecule has 0 bridgehead atoms. The SMILES string of the molecule is CC1CCC(C(O)c2ccc(Cl)cc2)CC1C. The summed E-state index contributed by atoms with van der Waals surface area (Å²) in [6.45, 7) is 4.61. The Hall–Kier alpha value is -0.530. The highest BCUT2D eigenvalue weighted by molar-refractivity contribution is 6.30. The average molecular weight is 253 g/mol. The molecule has 1 aromatic rings. The highest BCUT2D eigenvalue weighted by Crippen LogP contribution is 2.39. The standard InChI is InChI=1S/C15H21ClO/c1-10-3-4-13(9-11(10)2)15(17)12-5-7-14(16)8-6-12/h5-8,10-11,13,15,17H,3-4,9H2,1-2H3. The molecular weight excluding hydrogens is 232 g/mol. The van der Waals surface area contributed by atoms with Crippen LogP contribution in [-0.4, -0.2) is 5.11 Å². The van der Waals surface area contributed by atoms with Crippen molar-refractivity contribution in [1.82, 2.24) is 0 Å². The molecule has 0 aliphatic heterocycles. The maximum atomic E-state index is 10.4. The van der Waals surface area contributed by atoms with E-state index in [9.17, 15) is 5.11 Å². The first-order valence-electron chi connectivity index (χ1n) is 6.51. The van der Waals surface area contributed by atoms with E-state index in [1.54, 1.807) is 0 Å². The third-order valence-corrected chi connectivity index (χ3v) is 4.55. The fourth-order valence-electron chi connectivity index (χ4n) is 2.81. The lowest BCUT2D eigenvalue weighted by molar-refractivity contribution is 0.0561. The van der Waals surface area contributed by atoms with Gasteiger partial charge in [-0.05, 0) is 48.3 Å². The van der Waals surface area contributed by atoms with Gasteiger partial charge >= 0.3 is 0 Å². The first-order chi connectivity index (χ1) is 8.08. The molecule has 1 nitrogen and oxygen atoms in total. The van der Waals surface area contributed by atoms with E-state index >= 15 is 0 Å². The summed E-state index contributed by atoms with van der Waals surface area (Å²) >= 11 is 5.86. The predicted molar refractivity (Wildman–Crippen MR) is 72.1 cm³/mol. The zero-order valence-electron chi connectivity index (χ0n) is 10.6. The molecule has 0 aromatic heterocycles. The molecule has 2 heteroatoms. The van der Waals surface area contributed by atoms with Crippen molar-refractivity contribution >= 4 is 11.6 Å². The monoisotopic (exact) mass is 252 g/mol. The number of halogens is 1. The highest BCUT2D eigenvalue weighted by atomic mass is 35.5. The van der Waals surface area contributed by atoms with E-state index < -0.39 is 0 Å². The second-order valence-electron chi connectivity index (χ2n) is 5.52. The fraction of sp³-hybridized carbons (Fsp3) is 0.600. The highest BCUT2D eigenvalue weighted by Gasteiger charge is 2.29. The molecule has 1 aromatic carbocycles. The van der Waals surface area contributed by atoms with E-state index in [0.29, 0.717) is 5.92 Å². The minimum Gasteiger partial charge on any atom is -0.388 e. The van der Waals surface area contributed by atoms with Crippen LogP contribution in [0.4, 0.5) is 0 Å². The van der Waals surface area contributed by atoms with E-state index in [2.05, 4.69) is 13.8 Å². The van der Waals surface area contributed by atoms with E-state index in [0.717, 1.165) is 35.3 Å². The Morgan fingerprint density at radius 1 is 1.12 bits per heavy atom. The number of benzene rings is 1. The predicted octanol–water partition coefficient (Wildman–Crippen LogP) is 4.45. The van der Waals surface area contributed by atoms with Gasteiger partial charge in [-0.1, -0.05) is 44.0 Å². The van der Waals surface area contributed by atoms with Crippen LogP contribution in [0.3, 0.4) is 0 Å². The van der Waals surface area contributed by atoms with Crippen molar-refractivity contribution in [3.8, 4) is 0 Å². The van der Waals surface area contributed by atoms with Gasteiger partial charge in [0.2, 0.25) is 0 Å². The van der Waals surface area contributed by atoms with Crippen LogP contribution in [0.2, 0.25) is 5.02 Å². The Bertz CT molecular complexity index is 360. The largest absolute Gasteiger partial charge is 0.388 e. The summed E-state index contributed by atoms with van der Waals surface area (Å²) in [6.07, 6.45) is 3.17. The van der Waals surface area contributed by atoms with Gasteiger partial charge in [-0.3, -0.25) is 0 Å². The molecule has 1 N–H and O–H groups in total. The van der Waals surface area contributed by atoms with Crippen molar-refractivity contribution in [3.63, 3.8) is 0 Å². The molecule has 2 rings (SSSR count). The zero-order chi connectivity index (χ0) is 12.4. The summed E-state index contributed by atoms with van der Waals surface area (Å²) in [5.41, 5.74) is 1.00. The van der Waals surface area contributed by atoms with E-state index in [-0.39, 0.29) is 6.10 Å². The second kappa shape index (κ2) is 5.41. The maximum absolute atomic E-state index is 10.4. The lowest BCUT2D eigenvalue weighted by atomic mass is 9.73. The number of aliphatic hydroxyl groups is 1. The van der Waals surface area contributed by atoms with E-state index in [1.807, 2.05) is 24.3 Å². The molecule has 17 heavy (non-hydrogen) atoms. The molecule has 1 saturated carbocycles. The van der Waals surface area contributed by atoms with Crippen molar-refractivity contribution in [2.75, 3.05) is 0 Å². The lowest BCUT2D eigenvalue weighted by Crippen LogP contribution is -2.25. The minimum absolute atomic E-state index is 0.331. The smallest absolute Gasteiger partial charge is 0.0818 e.